The van der Waals surface area contributed by atoms with Crippen molar-refractivity contribution in [3.05, 3.63) is 34.4 Å². The highest BCUT2D eigenvalue weighted by Crippen LogP contribution is 2.29. The van der Waals surface area contributed by atoms with Crippen LogP contribution in [-0.2, 0) is 12.8 Å². The van der Waals surface area contributed by atoms with E-state index in [2.05, 4.69) is 60.6 Å². The zero-order valence-electron chi connectivity index (χ0n) is 13.3. The van der Waals surface area contributed by atoms with Crippen molar-refractivity contribution in [1.29, 1.82) is 0 Å². The molecule has 0 heterocycles. The highest BCUT2D eigenvalue weighted by atomic mass is 14.2. The monoisotopic (exact) mass is 246 g/mol. The van der Waals surface area contributed by atoms with Gasteiger partial charge in [-0.1, -0.05) is 59.2 Å². The van der Waals surface area contributed by atoms with Crippen LogP contribution < -0.4 is 0 Å². The molecule has 0 saturated carbocycles. The van der Waals surface area contributed by atoms with Crippen LogP contribution in [0.15, 0.2) is 12.1 Å². The molecule has 1 aromatic carbocycles. The van der Waals surface area contributed by atoms with Crippen LogP contribution in [0.3, 0.4) is 0 Å². The zero-order valence-corrected chi connectivity index (χ0v) is 13.3. The SMILES string of the molecule is Cc1cc(CC(C)C)c(C(C)C)c(CC(C)C)c1. The molecule has 1 aromatic rings. The van der Waals surface area contributed by atoms with E-state index in [1.807, 2.05) is 0 Å². The summed E-state index contributed by atoms with van der Waals surface area (Å²) in [7, 11) is 0. The third-order valence-electron chi connectivity index (χ3n) is 3.33. The van der Waals surface area contributed by atoms with E-state index >= 15 is 0 Å². The molecule has 102 valence electrons. The van der Waals surface area contributed by atoms with Gasteiger partial charge in [0.25, 0.3) is 0 Å². The van der Waals surface area contributed by atoms with Gasteiger partial charge >= 0.3 is 0 Å². The van der Waals surface area contributed by atoms with E-state index < -0.39 is 0 Å². The Morgan fingerprint density at radius 2 is 1.17 bits per heavy atom. The van der Waals surface area contributed by atoms with E-state index in [0.717, 1.165) is 11.8 Å². The van der Waals surface area contributed by atoms with Gasteiger partial charge in [-0.3, -0.25) is 0 Å². The first-order chi connectivity index (χ1) is 8.31. The second-order valence-corrected chi connectivity index (χ2v) is 6.85. The highest BCUT2D eigenvalue weighted by molar-refractivity contribution is 5.41. The average molecular weight is 246 g/mol. The van der Waals surface area contributed by atoms with Crippen molar-refractivity contribution < 1.29 is 0 Å². The first kappa shape index (κ1) is 15.3. The topological polar surface area (TPSA) is 0 Å². The van der Waals surface area contributed by atoms with Gasteiger partial charge in [0.1, 0.15) is 0 Å². The van der Waals surface area contributed by atoms with E-state index in [1.165, 1.54) is 18.4 Å². The molecule has 1 rings (SSSR count). The lowest BCUT2D eigenvalue weighted by atomic mass is 9.84. The molecule has 0 fully saturated rings. The zero-order chi connectivity index (χ0) is 13.9. The van der Waals surface area contributed by atoms with Crippen molar-refractivity contribution in [3.8, 4) is 0 Å². The van der Waals surface area contributed by atoms with E-state index in [1.54, 1.807) is 16.7 Å². The van der Waals surface area contributed by atoms with Crippen LogP contribution in [0.4, 0.5) is 0 Å². The van der Waals surface area contributed by atoms with Crippen molar-refractivity contribution in [2.45, 2.75) is 67.2 Å². The summed E-state index contributed by atoms with van der Waals surface area (Å²) in [4.78, 5) is 0. The molecule has 0 unspecified atom stereocenters. The molecule has 0 N–H and O–H groups in total. The van der Waals surface area contributed by atoms with Gasteiger partial charge < -0.3 is 0 Å². The maximum absolute atomic E-state index is 2.40. The lowest BCUT2D eigenvalue weighted by Crippen LogP contribution is -2.08. The summed E-state index contributed by atoms with van der Waals surface area (Å²) in [6.07, 6.45) is 2.42. The van der Waals surface area contributed by atoms with E-state index in [9.17, 15) is 0 Å². The highest BCUT2D eigenvalue weighted by Gasteiger charge is 2.14. The standard InChI is InChI=1S/C18H30/c1-12(2)8-16-10-15(7)11-17(9-13(3)4)18(16)14(5)6/h10-14H,8-9H2,1-7H3. The summed E-state index contributed by atoms with van der Waals surface area (Å²) in [5.41, 5.74) is 6.19. The van der Waals surface area contributed by atoms with Gasteiger partial charge in [-0.25, -0.2) is 0 Å². The van der Waals surface area contributed by atoms with Gasteiger partial charge in [-0.15, -0.1) is 0 Å². The van der Waals surface area contributed by atoms with Crippen LogP contribution in [0, 0.1) is 18.8 Å². The minimum atomic E-state index is 0.632. The first-order valence-electron chi connectivity index (χ1n) is 7.43. The molecule has 0 atom stereocenters. The largest absolute Gasteiger partial charge is 0.0625 e. The smallest absolute Gasteiger partial charge is 0.0213 e. The molecule has 0 heteroatoms. The Kier molecular flexibility index (Phi) is 5.44. The van der Waals surface area contributed by atoms with Crippen LogP contribution in [0.2, 0.25) is 0 Å². The van der Waals surface area contributed by atoms with Gasteiger partial charge in [-0.2, -0.15) is 0 Å². The number of hydrogen-bond donors (Lipinski definition) is 0. The lowest BCUT2D eigenvalue weighted by molar-refractivity contribution is 0.619. The van der Waals surface area contributed by atoms with E-state index in [0.29, 0.717) is 5.92 Å². The normalized spacial score (nSPS) is 11.9. The molecular weight excluding hydrogens is 216 g/mol. The molecule has 0 radical (unpaired) electrons. The van der Waals surface area contributed by atoms with E-state index in [-0.39, 0.29) is 0 Å². The van der Waals surface area contributed by atoms with Gasteiger partial charge in [0, 0.05) is 0 Å². The minimum absolute atomic E-state index is 0.632. The third-order valence-corrected chi connectivity index (χ3v) is 3.33. The number of rotatable bonds is 5. The molecule has 0 aliphatic carbocycles. The van der Waals surface area contributed by atoms with Crippen molar-refractivity contribution in [2.75, 3.05) is 0 Å². The second kappa shape index (κ2) is 6.41. The van der Waals surface area contributed by atoms with Crippen molar-refractivity contribution in [3.63, 3.8) is 0 Å². The quantitative estimate of drug-likeness (QED) is 0.642. The molecule has 18 heavy (non-hydrogen) atoms. The fourth-order valence-electron chi connectivity index (χ4n) is 2.91. The Bertz CT molecular complexity index is 352. The molecular formula is C18H30. The van der Waals surface area contributed by atoms with Gasteiger partial charge in [-0.05, 0) is 54.2 Å². The predicted molar refractivity (Wildman–Crippen MR) is 82.4 cm³/mol. The predicted octanol–water partition coefficient (Wildman–Crippen LogP) is 5.52. The summed E-state index contributed by atoms with van der Waals surface area (Å²) >= 11 is 0. The van der Waals surface area contributed by atoms with Crippen molar-refractivity contribution in [1.82, 2.24) is 0 Å². The maximum atomic E-state index is 2.40. The first-order valence-corrected chi connectivity index (χ1v) is 7.43. The van der Waals surface area contributed by atoms with Crippen LogP contribution in [0.25, 0.3) is 0 Å². The Morgan fingerprint density at radius 1 is 0.778 bits per heavy atom. The molecule has 0 spiro atoms. The molecule has 0 amide bonds. The molecule has 0 bridgehead atoms. The fourth-order valence-corrected chi connectivity index (χ4v) is 2.91. The van der Waals surface area contributed by atoms with Crippen LogP contribution in [-0.4, -0.2) is 0 Å². The number of aryl methyl sites for hydroxylation is 1. The number of hydrogen-bond acceptors (Lipinski definition) is 0. The summed E-state index contributed by atoms with van der Waals surface area (Å²) in [5.74, 6) is 2.10. The Balaban J connectivity index is 3.26. The average Bonchev–Trinajstić information content (AvgIpc) is 2.12. The Morgan fingerprint density at radius 3 is 1.44 bits per heavy atom. The lowest BCUT2D eigenvalue weighted by Gasteiger charge is -2.21. The molecule has 0 aromatic heterocycles. The van der Waals surface area contributed by atoms with Crippen molar-refractivity contribution in [2.24, 2.45) is 11.8 Å². The van der Waals surface area contributed by atoms with Crippen LogP contribution in [0.1, 0.15) is 69.7 Å². The minimum Gasteiger partial charge on any atom is -0.0625 e. The summed E-state index contributed by atoms with van der Waals surface area (Å²) in [6.45, 7) is 16.2. The second-order valence-electron chi connectivity index (χ2n) is 6.85. The van der Waals surface area contributed by atoms with Crippen LogP contribution in [0.5, 0.6) is 0 Å². The summed E-state index contributed by atoms with van der Waals surface area (Å²) < 4.78 is 0. The van der Waals surface area contributed by atoms with Gasteiger partial charge in [0.15, 0.2) is 0 Å². The van der Waals surface area contributed by atoms with Gasteiger partial charge in [0.05, 0.1) is 0 Å². The van der Waals surface area contributed by atoms with Crippen molar-refractivity contribution >= 4 is 0 Å². The van der Waals surface area contributed by atoms with E-state index in [4.69, 9.17) is 0 Å². The fraction of sp³-hybridized carbons (Fsp3) is 0.667. The molecule has 0 nitrogen and oxygen atoms in total. The maximum Gasteiger partial charge on any atom is -0.0213 e. The summed E-state index contributed by atoms with van der Waals surface area (Å²) in [5, 5.41) is 0. The van der Waals surface area contributed by atoms with Gasteiger partial charge in [0.2, 0.25) is 0 Å². The van der Waals surface area contributed by atoms with Crippen LogP contribution >= 0.6 is 0 Å². The third kappa shape index (κ3) is 4.15. The Labute approximate surface area is 114 Å². The molecule has 0 aliphatic rings. The Hall–Kier alpha value is -0.780. The molecule has 0 saturated heterocycles. The molecule has 0 aliphatic heterocycles. The summed E-state index contributed by atoms with van der Waals surface area (Å²) in [6, 6.07) is 4.80. The number of benzene rings is 1.